The Morgan fingerprint density at radius 2 is 1.85 bits per heavy atom. The van der Waals surface area contributed by atoms with Crippen LogP contribution in [0.15, 0.2) is 24.3 Å². The second-order valence-corrected chi connectivity index (χ2v) is 4.89. The average Bonchev–Trinajstić information content (AvgIpc) is 2.48. The minimum Gasteiger partial charge on any atom is -0.356 e. The van der Waals surface area contributed by atoms with Crippen LogP contribution in [0.3, 0.4) is 0 Å². The van der Waals surface area contributed by atoms with Crippen LogP contribution in [0.5, 0.6) is 0 Å². The molecule has 0 bridgehead atoms. The Hall–Kier alpha value is -1.01. The van der Waals surface area contributed by atoms with Crippen LogP contribution in [0.25, 0.3) is 0 Å². The third-order valence-electron chi connectivity index (χ3n) is 3.80. The SMILES string of the molecule is COC(CC(CN)N(C)C(C)c1ccccc1F)OC. The molecule has 0 radical (unpaired) electrons. The molecule has 1 rings (SSSR count). The Balaban J connectivity index is 2.80. The van der Waals surface area contributed by atoms with E-state index < -0.39 is 0 Å². The molecule has 0 aromatic heterocycles. The number of nitrogens with two attached hydrogens (primary N) is 1. The van der Waals surface area contributed by atoms with Crippen molar-refractivity contribution >= 4 is 0 Å². The molecule has 1 aromatic carbocycles. The molecular formula is C15H25FN2O2. The van der Waals surface area contributed by atoms with Crippen LogP contribution in [0.2, 0.25) is 0 Å². The van der Waals surface area contributed by atoms with Crippen LogP contribution in [0.1, 0.15) is 24.9 Å². The highest BCUT2D eigenvalue weighted by Gasteiger charge is 2.24. The van der Waals surface area contributed by atoms with Crippen LogP contribution in [0, 0.1) is 5.82 Å². The number of nitrogens with zero attached hydrogens (tertiary/aromatic N) is 1. The van der Waals surface area contributed by atoms with Crippen molar-refractivity contribution in [2.75, 3.05) is 27.8 Å². The van der Waals surface area contributed by atoms with Gasteiger partial charge in [0.25, 0.3) is 0 Å². The van der Waals surface area contributed by atoms with Crippen molar-refractivity contribution in [3.63, 3.8) is 0 Å². The van der Waals surface area contributed by atoms with E-state index in [0.29, 0.717) is 18.5 Å². The third kappa shape index (κ3) is 4.24. The van der Waals surface area contributed by atoms with Gasteiger partial charge >= 0.3 is 0 Å². The van der Waals surface area contributed by atoms with E-state index in [4.69, 9.17) is 15.2 Å². The molecule has 114 valence electrons. The summed E-state index contributed by atoms with van der Waals surface area (Å²) < 4.78 is 24.3. The van der Waals surface area contributed by atoms with Crippen molar-refractivity contribution in [1.82, 2.24) is 4.90 Å². The average molecular weight is 284 g/mol. The summed E-state index contributed by atoms with van der Waals surface area (Å²) in [5.41, 5.74) is 6.51. The first kappa shape index (κ1) is 17.0. The van der Waals surface area contributed by atoms with Crippen LogP contribution in [-0.4, -0.2) is 45.0 Å². The zero-order valence-corrected chi connectivity index (χ0v) is 12.7. The number of benzene rings is 1. The predicted octanol–water partition coefficient (Wildman–Crippen LogP) is 2.15. The Morgan fingerprint density at radius 3 is 2.35 bits per heavy atom. The zero-order chi connectivity index (χ0) is 15.1. The quantitative estimate of drug-likeness (QED) is 0.743. The van der Waals surface area contributed by atoms with Gasteiger partial charge in [-0.3, -0.25) is 4.90 Å². The lowest BCUT2D eigenvalue weighted by Gasteiger charge is -2.34. The number of ether oxygens (including phenoxy) is 2. The molecule has 0 amide bonds. The molecule has 0 saturated carbocycles. The molecular weight excluding hydrogens is 259 g/mol. The number of likely N-dealkylation sites (N-methyl/N-ethyl adjacent to an activating group) is 1. The molecule has 0 fully saturated rings. The number of hydrogen-bond acceptors (Lipinski definition) is 4. The Labute approximate surface area is 120 Å². The molecule has 0 saturated heterocycles. The van der Waals surface area contributed by atoms with E-state index >= 15 is 0 Å². The van der Waals surface area contributed by atoms with Gasteiger partial charge in [0, 0.05) is 44.8 Å². The summed E-state index contributed by atoms with van der Waals surface area (Å²) in [5, 5.41) is 0. The van der Waals surface area contributed by atoms with Crippen molar-refractivity contribution in [2.24, 2.45) is 5.73 Å². The smallest absolute Gasteiger partial charge is 0.158 e. The molecule has 20 heavy (non-hydrogen) atoms. The molecule has 5 heteroatoms. The lowest BCUT2D eigenvalue weighted by molar-refractivity contribution is -0.117. The van der Waals surface area contributed by atoms with E-state index in [1.165, 1.54) is 6.07 Å². The summed E-state index contributed by atoms with van der Waals surface area (Å²) in [7, 11) is 5.14. The largest absolute Gasteiger partial charge is 0.356 e. The molecule has 2 N–H and O–H groups in total. The summed E-state index contributed by atoms with van der Waals surface area (Å²) in [6.07, 6.45) is 0.331. The van der Waals surface area contributed by atoms with E-state index in [1.807, 2.05) is 20.0 Å². The molecule has 0 heterocycles. The highest BCUT2D eigenvalue weighted by Crippen LogP contribution is 2.24. The topological polar surface area (TPSA) is 47.7 Å². The molecule has 0 spiro atoms. The molecule has 4 nitrogen and oxygen atoms in total. The minimum atomic E-state index is -0.307. The first-order valence-electron chi connectivity index (χ1n) is 6.77. The summed E-state index contributed by atoms with van der Waals surface area (Å²) in [6.45, 7) is 2.42. The number of methoxy groups -OCH3 is 2. The van der Waals surface area contributed by atoms with E-state index in [2.05, 4.69) is 4.90 Å². The van der Waals surface area contributed by atoms with Gasteiger partial charge in [-0.1, -0.05) is 18.2 Å². The zero-order valence-electron chi connectivity index (χ0n) is 12.7. The standard InChI is InChI=1S/C15H25FN2O2/c1-11(13-7-5-6-8-14(13)16)18(2)12(10-17)9-15(19-3)20-4/h5-8,11-12,15H,9-10,17H2,1-4H3. The molecule has 0 aliphatic heterocycles. The maximum atomic E-state index is 13.9. The van der Waals surface area contributed by atoms with Crippen molar-refractivity contribution in [1.29, 1.82) is 0 Å². The lowest BCUT2D eigenvalue weighted by atomic mass is 10.0. The number of rotatable bonds is 8. The number of halogens is 1. The molecule has 2 unspecified atom stereocenters. The predicted molar refractivity (Wildman–Crippen MR) is 77.8 cm³/mol. The van der Waals surface area contributed by atoms with Gasteiger partial charge in [0.1, 0.15) is 5.82 Å². The highest BCUT2D eigenvalue weighted by atomic mass is 19.1. The second-order valence-electron chi connectivity index (χ2n) is 4.89. The molecule has 1 aromatic rings. The first-order chi connectivity index (χ1) is 9.54. The van der Waals surface area contributed by atoms with Crippen molar-refractivity contribution in [3.05, 3.63) is 35.6 Å². The fourth-order valence-electron chi connectivity index (χ4n) is 2.29. The normalized spacial score (nSPS) is 14.8. The maximum absolute atomic E-state index is 13.9. The van der Waals surface area contributed by atoms with Crippen LogP contribution >= 0.6 is 0 Å². The Kier molecular flexibility index (Phi) is 7.09. The van der Waals surface area contributed by atoms with Gasteiger partial charge in [-0.05, 0) is 20.0 Å². The van der Waals surface area contributed by atoms with Crippen molar-refractivity contribution in [3.8, 4) is 0 Å². The van der Waals surface area contributed by atoms with Crippen LogP contribution in [0.4, 0.5) is 4.39 Å². The van der Waals surface area contributed by atoms with Crippen molar-refractivity contribution in [2.45, 2.75) is 31.7 Å². The summed E-state index contributed by atoms with van der Waals surface area (Å²) >= 11 is 0. The van der Waals surface area contributed by atoms with Gasteiger partial charge in [-0.2, -0.15) is 0 Å². The summed E-state index contributed by atoms with van der Waals surface area (Å²) in [6, 6.07) is 6.79. The molecule has 0 aliphatic rings. The monoisotopic (exact) mass is 284 g/mol. The summed E-state index contributed by atoms with van der Waals surface area (Å²) in [5.74, 6) is -0.197. The van der Waals surface area contributed by atoms with Crippen LogP contribution < -0.4 is 5.73 Å². The van der Waals surface area contributed by atoms with Gasteiger partial charge in [0.15, 0.2) is 6.29 Å². The number of hydrogen-bond donors (Lipinski definition) is 1. The van der Waals surface area contributed by atoms with E-state index in [1.54, 1.807) is 26.4 Å². The maximum Gasteiger partial charge on any atom is 0.158 e. The van der Waals surface area contributed by atoms with Gasteiger partial charge < -0.3 is 15.2 Å². The lowest BCUT2D eigenvalue weighted by Crippen LogP contribution is -2.42. The summed E-state index contributed by atoms with van der Waals surface area (Å²) in [4.78, 5) is 2.06. The fourth-order valence-corrected chi connectivity index (χ4v) is 2.29. The second kappa shape index (κ2) is 8.32. The van der Waals surface area contributed by atoms with Gasteiger partial charge in [-0.25, -0.2) is 4.39 Å². The highest BCUT2D eigenvalue weighted by molar-refractivity contribution is 5.20. The van der Waals surface area contributed by atoms with Crippen LogP contribution in [-0.2, 0) is 9.47 Å². The Morgan fingerprint density at radius 1 is 1.25 bits per heavy atom. The van der Waals surface area contributed by atoms with E-state index in [0.717, 1.165) is 0 Å². The van der Waals surface area contributed by atoms with Gasteiger partial charge in [0.2, 0.25) is 0 Å². The van der Waals surface area contributed by atoms with Gasteiger partial charge in [0.05, 0.1) is 0 Å². The fraction of sp³-hybridized carbons (Fsp3) is 0.600. The van der Waals surface area contributed by atoms with E-state index in [9.17, 15) is 4.39 Å². The van der Waals surface area contributed by atoms with E-state index in [-0.39, 0.29) is 24.2 Å². The van der Waals surface area contributed by atoms with Crippen molar-refractivity contribution < 1.29 is 13.9 Å². The first-order valence-corrected chi connectivity index (χ1v) is 6.77. The molecule has 0 aliphatic carbocycles. The van der Waals surface area contributed by atoms with Gasteiger partial charge in [-0.15, -0.1) is 0 Å². The molecule has 2 atom stereocenters. The minimum absolute atomic E-state index is 0.0505. The Bertz CT molecular complexity index is 399. The third-order valence-corrected chi connectivity index (χ3v) is 3.80.